The first kappa shape index (κ1) is 14.1. The van der Waals surface area contributed by atoms with E-state index in [4.69, 9.17) is 5.73 Å². The van der Waals surface area contributed by atoms with Crippen LogP contribution in [0.1, 0.15) is 0 Å². The number of anilines is 2. The normalized spacial score (nSPS) is 13.2. The molecule has 1 atom stereocenters. The molecule has 0 spiro atoms. The van der Waals surface area contributed by atoms with Gasteiger partial charge in [-0.05, 0) is 35.6 Å². The van der Waals surface area contributed by atoms with Crippen molar-refractivity contribution in [1.82, 2.24) is 4.98 Å². The number of benzene rings is 1. The Bertz CT molecular complexity index is 667. The standard InChI is InChI=1S/C10H11N3O3S3/c1-19(15,16)13-7-2-4-8(5-3-7)18(14)9-6-12-10(11)17-9/h2-6,13H,1H3,(H2,11,12). The number of nitrogens with one attached hydrogen (secondary N) is 1. The van der Waals surface area contributed by atoms with Crippen LogP contribution in [0.5, 0.6) is 0 Å². The van der Waals surface area contributed by atoms with Crippen molar-refractivity contribution in [1.29, 1.82) is 0 Å². The third-order valence-electron chi connectivity index (χ3n) is 2.06. The second kappa shape index (κ2) is 5.37. The zero-order valence-electron chi connectivity index (χ0n) is 9.86. The van der Waals surface area contributed by atoms with Gasteiger partial charge in [0.2, 0.25) is 14.2 Å². The van der Waals surface area contributed by atoms with Crippen LogP contribution in [-0.4, -0.2) is 24.2 Å². The minimum atomic E-state index is -3.31. The molecule has 1 heterocycles. The maximum atomic E-state index is 12.1. The van der Waals surface area contributed by atoms with Crippen LogP contribution < -0.4 is 10.5 Å². The topological polar surface area (TPSA) is 108 Å². The minimum Gasteiger partial charge on any atom is -0.606 e. The number of rotatable bonds is 4. The molecule has 19 heavy (non-hydrogen) atoms. The van der Waals surface area contributed by atoms with Crippen LogP contribution in [0.4, 0.5) is 10.8 Å². The molecule has 0 saturated heterocycles. The lowest BCUT2D eigenvalue weighted by Crippen LogP contribution is -2.09. The summed E-state index contributed by atoms with van der Waals surface area (Å²) in [5.41, 5.74) is 5.91. The molecule has 0 aliphatic carbocycles. The van der Waals surface area contributed by atoms with E-state index in [2.05, 4.69) is 9.71 Å². The Hall–Kier alpha value is -1.29. The highest BCUT2D eigenvalue weighted by molar-refractivity contribution is 7.93. The fourth-order valence-corrected chi connectivity index (χ4v) is 3.93. The van der Waals surface area contributed by atoms with Crippen LogP contribution in [0.2, 0.25) is 0 Å². The average Bonchev–Trinajstić information content (AvgIpc) is 2.74. The molecule has 0 amide bonds. The van der Waals surface area contributed by atoms with Gasteiger partial charge in [0.1, 0.15) is 0 Å². The monoisotopic (exact) mass is 317 g/mol. The minimum absolute atomic E-state index is 0.360. The van der Waals surface area contributed by atoms with E-state index in [1.54, 1.807) is 24.3 Å². The Labute approximate surface area is 117 Å². The van der Waals surface area contributed by atoms with Gasteiger partial charge < -0.3 is 10.3 Å². The van der Waals surface area contributed by atoms with Crippen LogP contribution in [-0.2, 0) is 21.2 Å². The molecule has 0 saturated carbocycles. The number of nitrogens with two attached hydrogens (primary N) is 1. The van der Waals surface area contributed by atoms with Gasteiger partial charge >= 0.3 is 0 Å². The molecule has 1 unspecified atom stereocenters. The summed E-state index contributed by atoms with van der Waals surface area (Å²) in [5.74, 6) is 0. The largest absolute Gasteiger partial charge is 0.606 e. The highest BCUT2D eigenvalue weighted by Gasteiger charge is 2.18. The van der Waals surface area contributed by atoms with Crippen molar-refractivity contribution < 1.29 is 13.0 Å². The molecule has 0 fully saturated rings. The van der Waals surface area contributed by atoms with E-state index >= 15 is 0 Å². The summed E-state index contributed by atoms with van der Waals surface area (Å²) < 4.78 is 37.1. The van der Waals surface area contributed by atoms with Crippen molar-refractivity contribution in [3.8, 4) is 0 Å². The van der Waals surface area contributed by atoms with Gasteiger partial charge in [-0.3, -0.25) is 4.72 Å². The summed E-state index contributed by atoms with van der Waals surface area (Å²) in [6.07, 6.45) is 2.54. The van der Waals surface area contributed by atoms with E-state index in [1.807, 2.05) is 0 Å². The van der Waals surface area contributed by atoms with E-state index in [9.17, 15) is 13.0 Å². The van der Waals surface area contributed by atoms with E-state index in [1.165, 1.54) is 6.20 Å². The highest BCUT2D eigenvalue weighted by atomic mass is 32.2. The van der Waals surface area contributed by atoms with Crippen molar-refractivity contribution in [3.05, 3.63) is 30.5 Å². The molecule has 1 aromatic heterocycles. The van der Waals surface area contributed by atoms with Crippen molar-refractivity contribution in [3.63, 3.8) is 0 Å². The lowest BCUT2D eigenvalue weighted by Gasteiger charge is -2.08. The van der Waals surface area contributed by atoms with E-state index < -0.39 is 21.2 Å². The maximum absolute atomic E-state index is 12.1. The second-order valence-corrected chi connectivity index (χ2v) is 8.20. The van der Waals surface area contributed by atoms with Gasteiger partial charge in [-0.2, -0.15) is 0 Å². The third-order valence-corrected chi connectivity index (χ3v) is 5.16. The first-order chi connectivity index (χ1) is 8.85. The summed E-state index contributed by atoms with van der Waals surface area (Å²) in [6.45, 7) is 0. The molecule has 2 rings (SSSR count). The number of aromatic nitrogens is 1. The lowest BCUT2D eigenvalue weighted by atomic mass is 10.3. The van der Waals surface area contributed by atoms with Gasteiger partial charge in [0.05, 0.1) is 12.5 Å². The van der Waals surface area contributed by atoms with E-state index in [0.717, 1.165) is 17.6 Å². The fraction of sp³-hybridized carbons (Fsp3) is 0.100. The summed E-state index contributed by atoms with van der Waals surface area (Å²) >= 11 is -0.199. The smallest absolute Gasteiger partial charge is 0.234 e. The summed E-state index contributed by atoms with van der Waals surface area (Å²) in [6, 6.07) is 6.30. The van der Waals surface area contributed by atoms with Crippen LogP contribution in [0, 0.1) is 0 Å². The summed E-state index contributed by atoms with van der Waals surface area (Å²) in [4.78, 5) is 4.40. The Balaban J connectivity index is 2.18. The summed E-state index contributed by atoms with van der Waals surface area (Å²) in [5, 5.41) is 0.360. The van der Waals surface area contributed by atoms with Gasteiger partial charge in [0, 0.05) is 16.9 Å². The van der Waals surface area contributed by atoms with Crippen LogP contribution in [0.15, 0.2) is 39.6 Å². The number of thiazole rings is 1. The predicted molar refractivity (Wildman–Crippen MR) is 76.1 cm³/mol. The molecule has 0 bridgehead atoms. The van der Waals surface area contributed by atoms with Gasteiger partial charge in [-0.25, -0.2) is 13.4 Å². The highest BCUT2D eigenvalue weighted by Crippen LogP contribution is 2.27. The third kappa shape index (κ3) is 3.83. The summed E-state index contributed by atoms with van der Waals surface area (Å²) in [7, 11) is -3.31. The zero-order chi connectivity index (χ0) is 14.0. The molecule has 0 aliphatic heterocycles. The van der Waals surface area contributed by atoms with E-state index in [0.29, 0.717) is 19.9 Å². The van der Waals surface area contributed by atoms with Crippen LogP contribution in [0.3, 0.4) is 0 Å². The van der Waals surface area contributed by atoms with E-state index in [-0.39, 0.29) is 0 Å². The van der Waals surface area contributed by atoms with Crippen molar-refractivity contribution in [2.24, 2.45) is 0 Å². The number of sulfonamides is 1. The van der Waals surface area contributed by atoms with Crippen molar-refractivity contribution in [2.75, 3.05) is 16.7 Å². The Morgan fingerprint density at radius 2 is 2.00 bits per heavy atom. The van der Waals surface area contributed by atoms with Gasteiger partial charge in [-0.15, -0.1) is 0 Å². The number of hydrogen-bond acceptors (Lipinski definition) is 6. The number of nitrogen functional groups attached to an aromatic ring is 1. The van der Waals surface area contributed by atoms with Gasteiger partial charge in [-0.1, -0.05) is 0 Å². The molecule has 102 valence electrons. The lowest BCUT2D eigenvalue weighted by molar-refractivity contribution is 0.597. The Kier molecular flexibility index (Phi) is 3.99. The molecule has 6 nitrogen and oxygen atoms in total. The predicted octanol–water partition coefficient (Wildman–Crippen LogP) is 1.26. The molecule has 2 aromatic rings. The maximum Gasteiger partial charge on any atom is 0.234 e. The molecule has 1 aromatic carbocycles. The first-order valence-corrected chi connectivity index (χ1v) is 8.92. The SMILES string of the molecule is CS(=O)(=O)Nc1ccc([S+]([O-])c2cnc(N)s2)cc1. The van der Waals surface area contributed by atoms with Crippen LogP contribution >= 0.6 is 11.3 Å². The molecule has 0 radical (unpaired) electrons. The number of nitrogens with zero attached hydrogens (tertiary/aromatic N) is 1. The van der Waals surface area contributed by atoms with Crippen molar-refractivity contribution >= 4 is 43.4 Å². The fourth-order valence-electron chi connectivity index (χ4n) is 1.33. The van der Waals surface area contributed by atoms with Crippen LogP contribution in [0.25, 0.3) is 0 Å². The quantitative estimate of drug-likeness (QED) is 0.825. The molecular formula is C10H11N3O3S3. The molecule has 9 heteroatoms. The molecular weight excluding hydrogens is 306 g/mol. The Morgan fingerprint density at radius 1 is 1.37 bits per heavy atom. The zero-order valence-corrected chi connectivity index (χ0v) is 12.3. The second-order valence-electron chi connectivity index (χ2n) is 3.68. The average molecular weight is 317 g/mol. The molecule has 3 N–H and O–H groups in total. The molecule has 0 aliphatic rings. The van der Waals surface area contributed by atoms with Gasteiger partial charge in [0.25, 0.3) is 0 Å². The van der Waals surface area contributed by atoms with Gasteiger partial charge in [0.15, 0.2) is 10.0 Å². The van der Waals surface area contributed by atoms with Crippen molar-refractivity contribution in [2.45, 2.75) is 9.10 Å². The Morgan fingerprint density at radius 3 is 2.47 bits per heavy atom. The number of hydrogen-bond donors (Lipinski definition) is 2. The first-order valence-electron chi connectivity index (χ1n) is 5.06.